The highest BCUT2D eigenvalue weighted by Crippen LogP contribution is 2.12. The standard InChI is InChI=1S/C14H19FN4O2/c1-21-7-6-16-9-14(20)17-5-4-13-18-11-3-2-10(15)8-12(11)19-13/h2-3,8,16H,4-7,9H2,1H3,(H,17,20)(H,18,19). The monoisotopic (exact) mass is 294 g/mol. The molecule has 0 unspecified atom stereocenters. The first-order valence-electron chi connectivity index (χ1n) is 6.79. The fraction of sp³-hybridized carbons (Fsp3) is 0.429. The number of H-pyrrole nitrogens is 1. The number of carbonyl (C=O) groups excluding carboxylic acids is 1. The molecule has 0 spiro atoms. The van der Waals surface area contributed by atoms with Crippen LogP contribution >= 0.6 is 0 Å². The average molecular weight is 294 g/mol. The van der Waals surface area contributed by atoms with E-state index in [0.29, 0.717) is 31.6 Å². The molecule has 0 aliphatic heterocycles. The second-order valence-electron chi connectivity index (χ2n) is 4.61. The van der Waals surface area contributed by atoms with Gasteiger partial charge in [0.15, 0.2) is 0 Å². The van der Waals surface area contributed by atoms with Gasteiger partial charge < -0.3 is 20.4 Å². The van der Waals surface area contributed by atoms with Crippen molar-refractivity contribution in [3.63, 3.8) is 0 Å². The van der Waals surface area contributed by atoms with Crippen molar-refractivity contribution in [2.24, 2.45) is 0 Å². The summed E-state index contributed by atoms with van der Waals surface area (Å²) in [5.41, 5.74) is 1.39. The van der Waals surface area contributed by atoms with Crippen molar-refractivity contribution >= 4 is 16.9 Å². The highest BCUT2D eigenvalue weighted by molar-refractivity contribution is 5.78. The topological polar surface area (TPSA) is 79.0 Å². The van der Waals surface area contributed by atoms with Gasteiger partial charge in [0, 0.05) is 26.6 Å². The molecule has 1 aromatic heterocycles. The van der Waals surface area contributed by atoms with Crippen molar-refractivity contribution in [2.45, 2.75) is 6.42 Å². The Bertz CT molecular complexity index is 600. The van der Waals surface area contributed by atoms with Gasteiger partial charge in [0.05, 0.1) is 24.2 Å². The molecule has 0 radical (unpaired) electrons. The highest BCUT2D eigenvalue weighted by Gasteiger charge is 2.05. The van der Waals surface area contributed by atoms with Gasteiger partial charge in [-0.15, -0.1) is 0 Å². The van der Waals surface area contributed by atoms with E-state index in [2.05, 4.69) is 20.6 Å². The molecule has 7 heteroatoms. The van der Waals surface area contributed by atoms with Crippen LogP contribution in [0, 0.1) is 5.82 Å². The third kappa shape index (κ3) is 4.80. The van der Waals surface area contributed by atoms with Crippen molar-refractivity contribution in [3.8, 4) is 0 Å². The number of nitrogens with one attached hydrogen (secondary N) is 3. The molecule has 0 aliphatic rings. The van der Waals surface area contributed by atoms with Crippen molar-refractivity contribution in [1.82, 2.24) is 20.6 Å². The number of ether oxygens (including phenoxy) is 1. The number of hydrogen-bond donors (Lipinski definition) is 3. The number of methoxy groups -OCH3 is 1. The fourth-order valence-electron chi connectivity index (χ4n) is 1.91. The number of fused-ring (bicyclic) bond motifs is 1. The van der Waals surface area contributed by atoms with Gasteiger partial charge in [0.2, 0.25) is 5.91 Å². The van der Waals surface area contributed by atoms with E-state index in [0.717, 1.165) is 11.3 Å². The van der Waals surface area contributed by atoms with Crippen LogP contribution in [0.2, 0.25) is 0 Å². The van der Waals surface area contributed by atoms with Gasteiger partial charge in [0.1, 0.15) is 11.6 Å². The SMILES string of the molecule is COCCNCC(=O)NCCc1nc2ccc(F)cc2[nH]1. The first kappa shape index (κ1) is 15.4. The van der Waals surface area contributed by atoms with Crippen LogP contribution in [0.1, 0.15) is 5.82 Å². The molecular formula is C14H19FN4O2. The van der Waals surface area contributed by atoms with Crippen LogP contribution in [0.3, 0.4) is 0 Å². The zero-order chi connectivity index (χ0) is 15.1. The normalized spacial score (nSPS) is 11.0. The first-order chi connectivity index (χ1) is 10.2. The summed E-state index contributed by atoms with van der Waals surface area (Å²) < 4.78 is 17.9. The summed E-state index contributed by atoms with van der Waals surface area (Å²) in [5.74, 6) is 0.352. The first-order valence-corrected chi connectivity index (χ1v) is 6.79. The number of rotatable bonds is 8. The summed E-state index contributed by atoms with van der Waals surface area (Å²) in [4.78, 5) is 18.9. The van der Waals surface area contributed by atoms with E-state index in [1.165, 1.54) is 12.1 Å². The maximum Gasteiger partial charge on any atom is 0.233 e. The molecule has 1 aromatic carbocycles. The number of imidazole rings is 1. The van der Waals surface area contributed by atoms with Gasteiger partial charge in [-0.3, -0.25) is 4.79 Å². The van der Waals surface area contributed by atoms with Gasteiger partial charge in [0.25, 0.3) is 0 Å². The number of carbonyl (C=O) groups is 1. The molecule has 2 aromatic rings. The minimum Gasteiger partial charge on any atom is -0.383 e. The second-order valence-corrected chi connectivity index (χ2v) is 4.61. The second kappa shape index (κ2) is 7.70. The van der Waals surface area contributed by atoms with Crippen LogP contribution in [0.15, 0.2) is 18.2 Å². The molecule has 114 valence electrons. The molecule has 1 heterocycles. The Balaban J connectivity index is 1.73. The van der Waals surface area contributed by atoms with Crippen LogP contribution in [0.4, 0.5) is 4.39 Å². The van der Waals surface area contributed by atoms with Gasteiger partial charge in [-0.1, -0.05) is 0 Å². The van der Waals surface area contributed by atoms with Gasteiger partial charge in [-0.25, -0.2) is 9.37 Å². The number of amides is 1. The van der Waals surface area contributed by atoms with E-state index in [1.807, 2.05) is 0 Å². The predicted molar refractivity (Wildman–Crippen MR) is 77.5 cm³/mol. The lowest BCUT2D eigenvalue weighted by molar-refractivity contribution is -0.120. The molecule has 21 heavy (non-hydrogen) atoms. The van der Waals surface area contributed by atoms with Crippen LogP contribution in [-0.2, 0) is 16.0 Å². The van der Waals surface area contributed by atoms with E-state index in [1.54, 1.807) is 13.2 Å². The lowest BCUT2D eigenvalue weighted by Crippen LogP contribution is -2.36. The van der Waals surface area contributed by atoms with Crippen LogP contribution in [0.5, 0.6) is 0 Å². The molecule has 2 rings (SSSR count). The number of halogens is 1. The highest BCUT2D eigenvalue weighted by atomic mass is 19.1. The lowest BCUT2D eigenvalue weighted by Gasteiger charge is -2.05. The summed E-state index contributed by atoms with van der Waals surface area (Å²) in [7, 11) is 1.61. The van der Waals surface area contributed by atoms with Gasteiger partial charge in [-0.05, 0) is 18.2 Å². The molecule has 0 fully saturated rings. The number of nitrogens with zero attached hydrogens (tertiary/aromatic N) is 1. The number of aromatic amines is 1. The number of benzene rings is 1. The van der Waals surface area contributed by atoms with E-state index in [9.17, 15) is 9.18 Å². The van der Waals surface area contributed by atoms with Crippen molar-refractivity contribution in [3.05, 3.63) is 29.8 Å². The predicted octanol–water partition coefficient (Wildman–Crippen LogP) is 0.597. The Hall–Kier alpha value is -1.99. The molecule has 6 nitrogen and oxygen atoms in total. The zero-order valence-electron chi connectivity index (χ0n) is 11.9. The van der Waals surface area contributed by atoms with E-state index in [-0.39, 0.29) is 18.3 Å². The van der Waals surface area contributed by atoms with E-state index < -0.39 is 0 Å². The summed E-state index contributed by atoms with van der Waals surface area (Å²) in [6.07, 6.45) is 0.570. The van der Waals surface area contributed by atoms with Gasteiger partial charge >= 0.3 is 0 Å². The van der Waals surface area contributed by atoms with E-state index >= 15 is 0 Å². The zero-order valence-corrected chi connectivity index (χ0v) is 11.9. The smallest absolute Gasteiger partial charge is 0.233 e. The van der Waals surface area contributed by atoms with Crippen LogP contribution in [-0.4, -0.2) is 49.2 Å². The number of hydrogen-bond acceptors (Lipinski definition) is 4. The molecule has 0 aliphatic carbocycles. The summed E-state index contributed by atoms with van der Waals surface area (Å²) in [6, 6.07) is 4.41. The maximum absolute atomic E-state index is 13.1. The molecule has 0 bridgehead atoms. The maximum atomic E-state index is 13.1. The Morgan fingerprint density at radius 2 is 2.29 bits per heavy atom. The molecule has 1 amide bonds. The minimum atomic E-state index is -0.298. The molecule has 0 saturated heterocycles. The summed E-state index contributed by atoms with van der Waals surface area (Å²) >= 11 is 0. The van der Waals surface area contributed by atoms with Crippen molar-refractivity contribution in [2.75, 3.05) is 33.4 Å². The fourth-order valence-corrected chi connectivity index (χ4v) is 1.91. The molecule has 3 N–H and O–H groups in total. The largest absolute Gasteiger partial charge is 0.383 e. The Kier molecular flexibility index (Phi) is 5.65. The van der Waals surface area contributed by atoms with Crippen LogP contribution in [0.25, 0.3) is 11.0 Å². The molecule has 0 atom stereocenters. The Labute approximate surface area is 122 Å². The summed E-state index contributed by atoms with van der Waals surface area (Å²) in [6.45, 7) is 1.95. The summed E-state index contributed by atoms with van der Waals surface area (Å²) in [5, 5.41) is 5.75. The van der Waals surface area contributed by atoms with Crippen molar-refractivity contribution in [1.29, 1.82) is 0 Å². The number of aromatic nitrogens is 2. The quantitative estimate of drug-likeness (QED) is 0.623. The minimum absolute atomic E-state index is 0.0757. The van der Waals surface area contributed by atoms with Crippen molar-refractivity contribution < 1.29 is 13.9 Å². The molecular weight excluding hydrogens is 275 g/mol. The van der Waals surface area contributed by atoms with Gasteiger partial charge in [-0.2, -0.15) is 0 Å². The Morgan fingerprint density at radius 3 is 3.10 bits per heavy atom. The average Bonchev–Trinajstić information content (AvgIpc) is 2.85. The third-order valence-corrected chi connectivity index (χ3v) is 2.95. The Morgan fingerprint density at radius 1 is 1.43 bits per heavy atom. The third-order valence-electron chi connectivity index (χ3n) is 2.95. The molecule has 0 saturated carbocycles. The van der Waals surface area contributed by atoms with Crippen LogP contribution < -0.4 is 10.6 Å². The van der Waals surface area contributed by atoms with E-state index in [4.69, 9.17) is 4.74 Å². The lowest BCUT2D eigenvalue weighted by atomic mass is 10.3.